The summed E-state index contributed by atoms with van der Waals surface area (Å²) in [5.74, 6) is -0.384. The van der Waals surface area contributed by atoms with Gasteiger partial charge in [0.05, 0.1) is 12.7 Å². The van der Waals surface area contributed by atoms with Crippen LogP contribution in [0.25, 0.3) is 6.08 Å². The molecule has 0 heterocycles. The summed E-state index contributed by atoms with van der Waals surface area (Å²) in [5, 5.41) is 0. The molecule has 0 unspecified atom stereocenters. The minimum atomic E-state index is -0.384. The third-order valence-electron chi connectivity index (χ3n) is 2.10. The van der Waals surface area contributed by atoms with E-state index in [-0.39, 0.29) is 18.7 Å². The van der Waals surface area contributed by atoms with Crippen LogP contribution in [0, 0.1) is 0 Å². The summed E-state index contributed by atoms with van der Waals surface area (Å²) in [6, 6.07) is 7.27. The number of nitrogens with two attached hydrogens (primary N) is 1. The van der Waals surface area contributed by atoms with Gasteiger partial charge in [-0.2, -0.15) is 0 Å². The molecule has 0 saturated heterocycles. The van der Waals surface area contributed by atoms with Crippen LogP contribution >= 0.6 is 0 Å². The maximum absolute atomic E-state index is 11.4. The van der Waals surface area contributed by atoms with Crippen molar-refractivity contribution in [3.8, 4) is 0 Å². The molecule has 0 radical (unpaired) electrons. The van der Waals surface area contributed by atoms with Crippen molar-refractivity contribution in [2.75, 3.05) is 18.9 Å². The third-order valence-corrected chi connectivity index (χ3v) is 2.10. The zero-order chi connectivity index (χ0) is 13.4. The third kappa shape index (κ3) is 6.06. The highest BCUT2D eigenvalue weighted by molar-refractivity contribution is 5.87. The largest absolute Gasteiger partial charge is 0.460 e. The lowest BCUT2D eigenvalue weighted by Crippen LogP contribution is -2.12. The first-order valence-electron chi connectivity index (χ1n) is 5.90. The first-order valence-corrected chi connectivity index (χ1v) is 5.90. The number of esters is 1. The van der Waals surface area contributed by atoms with Gasteiger partial charge in [-0.15, -0.1) is 0 Å². The van der Waals surface area contributed by atoms with Crippen molar-refractivity contribution in [3.63, 3.8) is 0 Å². The van der Waals surface area contributed by atoms with Crippen LogP contribution in [0.1, 0.15) is 19.4 Å². The van der Waals surface area contributed by atoms with Crippen LogP contribution < -0.4 is 5.73 Å². The lowest BCUT2D eigenvalue weighted by atomic mass is 10.2. The molecule has 0 amide bonds. The van der Waals surface area contributed by atoms with Gasteiger partial charge in [0.2, 0.25) is 0 Å². The van der Waals surface area contributed by atoms with Gasteiger partial charge in [0.25, 0.3) is 0 Å². The maximum atomic E-state index is 11.4. The molecule has 0 aliphatic rings. The molecule has 4 nitrogen and oxygen atoms in total. The Bertz CT molecular complexity index is 413. The lowest BCUT2D eigenvalue weighted by molar-refractivity contribution is -0.139. The molecule has 0 aliphatic heterocycles. The van der Waals surface area contributed by atoms with Gasteiger partial charge < -0.3 is 15.2 Å². The van der Waals surface area contributed by atoms with Crippen LogP contribution in [0.15, 0.2) is 30.3 Å². The molecular formula is C14H19NO3. The van der Waals surface area contributed by atoms with Gasteiger partial charge in [0.15, 0.2) is 0 Å². The number of carbonyl (C=O) groups is 1. The van der Waals surface area contributed by atoms with Crippen molar-refractivity contribution in [1.29, 1.82) is 0 Å². The molecule has 98 valence electrons. The van der Waals surface area contributed by atoms with E-state index in [4.69, 9.17) is 15.2 Å². The predicted octanol–water partition coefficient (Wildman–Crippen LogP) is 2.25. The number of nitrogen functional groups attached to an aromatic ring is 1. The molecule has 0 aliphatic carbocycles. The van der Waals surface area contributed by atoms with Crippen LogP contribution in [0.4, 0.5) is 5.69 Å². The van der Waals surface area contributed by atoms with Crippen LogP contribution in [-0.4, -0.2) is 25.3 Å². The summed E-state index contributed by atoms with van der Waals surface area (Å²) < 4.78 is 10.2. The van der Waals surface area contributed by atoms with E-state index < -0.39 is 0 Å². The fourth-order valence-corrected chi connectivity index (χ4v) is 1.30. The van der Waals surface area contributed by atoms with E-state index in [9.17, 15) is 4.79 Å². The molecule has 0 aromatic heterocycles. The minimum Gasteiger partial charge on any atom is -0.460 e. The SMILES string of the molecule is CC(C)OCCOC(=O)/C=C/c1cccc(N)c1. The summed E-state index contributed by atoms with van der Waals surface area (Å²) in [6.45, 7) is 4.54. The number of carbonyl (C=O) groups excluding carboxylic acids is 1. The average molecular weight is 249 g/mol. The number of hydrogen-bond donors (Lipinski definition) is 1. The number of rotatable bonds is 6. The van der Waals surface area contributed by atoms with Gasteiger partial charge in [0, 0.05) is 11.8 Å². The highest BCUT2D eigenvalue weighted by Gasteiger charge is 1.98. The van der Waals surface area contributed by atoms with Crippen molar-refractivity contribution in [2.24, 2.45) is 0 Å². The summed E-state index contributed by atoms with van der Waals surface area (Å²) in [6.07, 6.45) is 3.19. The van der Waals surface area contributed by atoms with E-state index in [2.05, 4.69) is 0 Å². The smallest absolute Gasteiger partial charge is 0.330 e. The number of anilines is 1. The Kier molecular flexibility index (Phi) is 5.94. The fourth-order valence-electron chi connectivity index (χ4n) is 1.30. The van der Waals surface area contributed by atoms with Crippen LogP contribution in [0.5, 0.6) is 0 Å². The van der Waals surface area contributed by atoms with E-state index in [1.165, 1.54) is 6.08 Å². The first-order chi connectivity index (χ1) is 8.58. The second-order valence-corrected chi connectivity index (χ2v) is 4.09. The number of ether oxygens (including phenoxy) is 2. The van der Waals surface area contributed by atoms with Gasteiger partial charge >= 0.3 is 5.97 Å². The Morgan fingerprint density at radius 3 is 2.83 bits per heavy atom. The number of benzene rings is 1. The lowest BCUT2D eigenvalue weighted by Gasteiger charge is -2.06. The molecular weight excluding hydrogens is 230 g/mol. The Morgan fingerprint density at radius 2 is 2.17 bits per heavy atom. The highest BCUT2D eigenvalue weighted by Crippen LogP contribution is 2.08. The van der Waals surface area contributed by atoms with Crippen molar-refractivity contribution < 1.29 is 14.3 Å². The summed E-state index contributed by atoms with van der Waals surface area (Å²) in [7, 11) is 0. The summed E-state index contributed by atoms with van der Waals surface area (Å²) in [5.41, 5.74) is 7.15. The normalized spacial score (nSPS) is 11.1. The van der Waals surface area contributed by atoms with Crippen molar-refractivity contribution >= 4 is 17.7 Å². The second-order valence-electron chi connectivity index (χ2n) is 4.09. The van der Waals surface area contributed by atoms with Crippen LogP contribution in [-0.2, 0) is 14.3 Å². The second kappa shape index (κ2) is 7.50. The molecule has 0 saturated carbocycles. The van der Waals surface area contributed by atoms with E-state index in [0.29, 0.717) is 12.3 Å². The van der Waals surface area contributed by atoms with E-state index in [0.717, 1.165) is 5.56 Å². The van der Waals surface area contributed by atoms with Gasteiger partial charge in [-0.1, -0.05) is 12.1 Å². The topological polar surface area (TPSA) is 61.5 Å². The average Bonchev–Trinajstić information content (AvgIpc) is 2.32. The van der Waals surface area contributed by atoms with Gasteiger partial charge in [-0.05, 0) is 37.6 Å². The molecule has 0 atom stereocenters. The maximum Gasteiger partial charge on any atom is 0.330 e. The van der Waals surface area contributed by atoms with E-state index >= 15 is 0 Å². The van der Waals surface area contributed by atoms with Crippen molar-refractivity contribution in [2.45, 2.75) is 20.0 Å². The minimum absolute atomic E-state index is 0.145. The Morgan fingerprint density at radius 1 is 1.39 bits per heavy atom. The molecule has 0 bridgehead atoms. The first kappa shape index (κ1) is 14.3. The Labute approximate surface area is 107 Å². The fraction of sp³-hybridized carbons (Fsp3) is 0.357. The summed E-state index contributed by atoms with van der Waals surface area (Å²) >= 11 is 0. The van der Waals surface area contributed by atoms with Gasteiger partial charge in [-0.3, -0.25) is 0 Å². The van der Waals surface area contributed by atoms with Crippen molar-refractivity contribution in [1.82, 2.24) is 0 Å². The van der Waals surface area contributed by atoms with Gasteiger partial charge in [0.1, 0.15) is 6.61 Å². The molecule has 1 rings (SSSR count). The van der Waals surface area contributed by atoms with E-state index in [1.54, 1.807) is 18.2 Å². The van der Waals surface area contributed by atoms with E-state index in [1.807, 2.05) is 26.0 Å². The van der Waals surface area contributed by atoms with Crippen molar-refractivity contribution in [3.05, 3.63) is 35.9 Å². The predicted molar refractivity (Wildman–Crippen MR) is 71.9 cm³/mol. The Balaban J connectivity index is 2.31. The van der Waals surface area contributed by atoms with Crippen LogP contribution in [0.3, 0.4) is 0 Å². The summed E-state index contributed by atoms with van der Waals surface area (Å²) in [4.78, 5) is 11.4. The molecule has 2 N–H and O–H groups in total. The number of hydrogen-bond acceptors (Lipinski definition) is 4. The molecule has 18 heavy (non-hydrogen) atoms. The molecule has 0 fully saturated rings. The zero-order valence-corrected chi connectivity index (χ0v) is 10.8. The molecule has 1 aromatic rings. The zero-order valence-electron chi connectivity index (χ0n) is 10.8. The van der Waals surface area contributed by atoms with Gasteiger partial charge in [-0.25, -0.2) is 4.79 Å². The molecule has 4 heteroatoms. The molecule has 1 aromatic carbocycles. The quantitative estimate of drug-likeness (QED) is 0.363. The van der Waals surface area contributed by atoms with Crippen LogP contribution in [0.2, 0.25) is 0 Å². The monoisotopic (exact) mass is 249 g/mol. The standard InChI is InChI=1S/C14H19NO3/c1-11(2)17-8-9-18-14(16)7-6-12-4-3-5-13(15)10-12/h3-7,10-11H,8-9,15H2,1-2H3/b7-6+. The Hall–Kier alpha value is -1.81. The molecule has 0 spiro atoms. The highest BCUT2D eigenvalue weighted by atomic mass is 16.6.